The van der Waals surface area contributed by atoms with Crippen molar-refractivity contribution in [2.45, 2.75) is 6.54 Å². The Morgan fingerprint density at radius 2 is 1.61 bits per heavy atom. The maximum absolute atomic E-state index is 12.1. The third kappa shape index (κ3) is 4.10. The molecule has 0 aliphatic heterocycles. The Hall–Kier alpha value is -3.86. The van der Waals surface area contributed by atoms with Gasteiger partial charge in [0.2, 0.25) is 0 Å². The first-order valence-corrected chi connectivity index (χ1v) is 8.97. The maximum atomic E-state index is 12.1. The highest BCUT2D eigenvalue weighted by atomic mass is 16.3. The Bertz CT molecular complexity index is 1010. The van der Waals surface area contributed by atoms with Crippen molar-refractivity contribution < 1.29 is 9.21 Å². The fraction of sp³-hybridized carbons (Fsp3) is 0.0435. The minimum Gasteiger partial charge on any atom is -0.459 e. The van der Waals surface area contributed by atoms with E-state index >= 15 is 0 Å². The molecule has 0 aliphatic rings. The lowest BCUT2D eigenvalue weighted by atomic mass is 10.2. The summed E-state index contributed by atoms with van der Waals surface area (Å²) >= 11 is 0. The summed E-state index contributed by atoms with van der Waals surface area (Å²) in [4.78, 5) is 18.7. The van der Waals surface area contributed by atoms with Crippen LogP contribution in [0.3, 0.4) is 0 Å². The fourth-order valence-corrected chi connectivity index (χ4v) is 2.91. The highest BCUT2D eigenvalue weighted by Gasteiger charge is 2.12. The van der Waals surface area contributed by atoms with Crippen LogP contribution in [0.5, 0.6) is 0 Å². The van der Waals surface area contributed by atoms with Gasteiger partial charge in [0.25, 0.3) is 5.91 Å². The maximum Gasteiger partial charge on any atom is 0.292 e. The highest BCUT2D eigenvalue weighted by molar-refractivity contribution is 6.01. The molecule has 5 heteroatoms. The number of pyridine rings is 1. The van der Waals surface area contributed by atoms with Crippen LogP contribution in [0.1, 0.15) is 16.1 Å². The highest BCUT2D eigenvalue weighted by Crippen LogP contribution is 2.27. The number of para-hydroxylation sites is 1. The molecule has 0 unspecified atom stereocenters. The predicted molar refractivity (Wildman–Crippen MR) is 110 cm³/mol. The van der Waals surface area contributed by atoms with Crippen LogP contribution in [-0.4, -0.2) is 10.9 Å². The number of carbonyl (C=O) groups excluding carboxylic acids is 1. The number of carbonyl (C=O) groups is 1. The van der Waals surface area contributed by atoms with E-state index in [1.165, 1.54) is 11.8 Å². The van der Waals surface area contributed by atoms with Gasteiger partial charge < -0.3 is 14.6 Å². The largest absolute Gasteiger partial charge is 0.459 e. The van der Waals surface area contributed by atoms with Crippen LogP contribution < -0.4 is 10.2 Å². The minimum atomic E-state index is -0.325. The molecule has 138 valence electrons. The lowest BCUT2D eigenvalue weighted by Crippen LogP contribution is -2.17. The first-order chi connectivity index (χ1) is 13.8. The van der Waals surface area contributed by atoms with E-state index in [0.717, 1.165) is 11.4 Å². The van der Waals surface area contributed by atoms with Crippen LogP contribution in [0.2, 0.25) is 0 Å². The zero-order chi connectivity index (χ0) is 19.2. The summed E-state index contributed by atoms with van der Waals surface area (Å²) in [5, 5.41) is 2.74. The molecule has 0 radical (unpaired) electrons. The molecular formula is C23H19N3O2. The number of hydrogen-bond acceptors (Lipinski definition) is 4. The number of benzene rings is 2. The normalized spacial score (nSPS) is 10.4. The van der Waals surface area contributed by atoms with Crippen molar-refractivity contribution in [2.24, 2.45) is 0 Å². The summed E-state index contributed by atoms with van der Waals surface area (Å²) in [6.07, 6.45) is 3.22. The van der Waals surface area contributed by atoms with Gasteiger partial charge in [-0.1, -0.05) is 48.5 Å². The van der Waals surface area contributed by atoms with Crippen LogP contribution in [-0.2, 0) is 6.54 Å². The molecule has 0 spiro atoms. The molecule has 0 fully saturated rings. The number of anilines is 3. The van der Waals surface area contributed by atoms with Crippen molar-refractivity contribution in [3.8, 4) is 0 Å². The van der Waals surface area contributed by atoms with Crippen LogP contribution in [0.4, 0.5) is 17.2 Å². The molecule has 0 bridgehead atoms. The van der Waals surface area contributed by atoms with Crippen LogP contribution in [0.25, 0.3) is 0 Å². The monoisotopic (exact) mass is 369 g/mol. The van der Waals surface area contributed by atoms with Gasteiger partial charge in [0.05, 0.1) is 18.1 Å². The van der Waals surface area contributed by atoms with E-state index in [1.807, 2.05) is 42.5 Å². The van der Waals surface area contributed by atoms with E-state index in [0.29, 0.717) is 12.4 Å². The molecule has 2 heterocycles. The van der Waals surface area contributed by atoms with Crippen molar-refractivity contribution in [1.29, 1.82) is 0 Å². The van der Waals surface area contributed by atoms with Gasteiger partial charge in [-0.05, 0) is 42.0 Å². The summed E-state index contributed by atoms with van der Waals surface area (Å²) in [6.45, 7) is 0.713. The first kappa shape index (κ1) is 17.5. The summed E-state index contributed by atoms with van der Waals surface area (Å²) < 4.78 is 5.11. The van der Waals surface area contributed by atoms with Crippen molar-refractivity contribution in [2.75, 3.05) is 10.2 Å². The third-order valence-electron chi connectivity index (χ3n) is 4.30. The molecule has 0 atom stereocenters. The van der Waals surface area contributed by atoms with E-state index in [2.05, 4.69) is 39.5 Å². The van der Waals surface area contributed by atoms with Gasteiger partial charge in [-0.25, -0.2) is 4.98 Å². The second kappa shape index (κ2) is 8.22. The van der Waals surface area contributed by atoms with Crippen molar-refractivity contribution in [3.05, 3.63) is 109 Å². The second-order valence-corrected chi connectivity index (χ2v) is 6.24. The Labute approximate surface area is 163 Å². The van der Waals surface area contributed by atoms with E-state index in [-0.39, 0.29) is 11.7 Å². The first-order valence-electron chi connectivity index (χ1n) is 8.97. The Morgan fingerprint density at radius 1 is 0.857 bits per heavy atom. The number of amides is 1. The fourth-order valence-electron chi connectivity index (χ4n) is 2.91. The van der Waals surface area contributed by atoms with E-state index in [1.54, 1.807) is 24.4 Å². The zero-order valence-electron chi connectivity index (χ0n) is 15.2. The van der Waals surface area contributed by atoms with Crippen molar-refractivity contribution in [3.63, 3.8) is 0 Å². The average molecular weight is 369 g/mol. The van der Waals surface area contributed by atoms with E-state index in [4.69, 9.17) is 4.42 Å². The molecular weight excluding hydrogens is 350 g/mol. The molecule has 2 aromatic heterocycles. The molecule has 0 saturated carbocycles. The summed E-state index contributed by atoms with van der Waals surface area (Å²) in [5.41, 5.74) is 3.20. The topological polar surface area (TPSA) is 58.4 Å². The lowest BCUT2D eigenvalue weighted by molar-refractivity contribution is 0.0996. The number of aromatic nitrogens is 1. The van der Waals surface area contributed by atoms with Crippen molar-refractivity contribution in [1.82, 2.24) is 4.98 Å². The van der Waals surface area contributed by atoms with Gasteiger partial charge in [0, 0.05) is 12.2 Å². The Morgan fingerprint density at radius 3 is 2.25 bits per heavy atom. The van der Waals surface area contributed by atoms with Gasteiger partial charge in [-0.15, -0.1) is 0 Å². The van der Waals surface area contributed by atoms with Gasteiger partial charge >= 0.3 is 0 Å². The number of rotatable bonds is 6. The molecule has 5 nitrogen and oxygen atoms in total. The summed E-state index contributed by atoms with van der Waals surface area (Å²) in [6, 6.07) is 27.4. The Balaban J connectivity index is 1.57. The van der Waals surface area contributed by atoms with Crippen molar-refractivity contribution >= 4 is 23.1 Å². The molecule has 0 aliphatic carbocycles. The minimum absolute atomic E-state index is 0.251. The molecule has 0 saturated heterocycles. The van der Waals surface area contributed by atoms with Crippen LogP contribution in [0, 0.1) is 0 Å². The lowest BCUT2D eigenvalue weighted by Gasteiger charge is -2.25. The predicted octanol–water partition coefficient (Wildman–Crippen LogP) is 5.27. The van der Waals surface area contributed by atoms with Gasteiger partial charge in [0.1, 0.15) is 5.82 Å². The third-order valence-corrected chi connectivity index (χ3v) is 4.30. The second-order valence-electron chi connectivity index (χ2n) is 6.24. The number of hydrogen-bond donors (Lipinski definition) is 1. The average Bonchev–Trinajstić information content (AvgIpc) is 3.29. The summed E-state index contributed by atoms with van der Waals surface area (Å²) in [5.74, 6) is 0.396. The molecule has 2 aromatic carbocycles. The summed E-state index contributed by atoms with van der Waals surface area (Å²) in [7, 11) is 0. The number of nitrogens with one attached hydrogen (secondary N) is 1. The molecule has 1 N–H and O–H groups in total. The standard InChI is InChI=1S/C23H19N3O2/c27-23(21-12-7-15-28-21)25-22-14-13-20(16-24-22)26(19-10-5-2-6-11-19)17-18-8-3-1-4-9-18/h1-16H,17H2,(H,24,25,27). The quantitative estimate of drug-likeness (QED) is 0.503. The number of nitrogens with zero attached hydrogens (tertiary/aromatic N) is 2. The van der Waals surface area contributed by atoms with E-state index in [9.17, 15) is 4.79 Å². The van der Waals surface area contributed by atoms with Crippen LogP contribution in [0.15, 0.2) is 102 Å². The van der Waals surface area contributed by atoms with E-state index < -0.39 is 0 Å². The SMILES string of the molecule is O=C(Nc1ccc(N(Cc2ccccc2)c2ccccc2)cn1)c1ccco1. The molecule has 1 amide bonds. The number of furan rings is 1. The molecule has 4 aromatic rings. The van der Waals surface area contributed by atoms with Gasteiger partial charge in [0.15, 0.2) is 5.76 Å². The molecule has 28 heavy (non-hydrogen) atoms. The van der Waals surface area contributed by atoms with Gasteiger partial charge in [-0.2, -0.15) is 0 Å². The zero-order valence-corrected chi connectivity index (χ0v) is 15.2. The Kier molecular flexibility index (Phi) is 5.15. The van der Waals surface area contributed by atoms with Gasteiger partial charge in [-0.3, -0.25) is 4.79 Å². The van der Waals surface area contributed by atoms with Crippen LogP contribution >= 0.6 is 0 Å². The molecule has 4 rings (SSSR count). The smallest absolute Gasteiger partial charge is 0.292 e.